The molecule has 1 amide bonds. The largest absolute Gasteiger partial charge is 0.480 e. The van der Waals surface area contributed by atoms with Crippen LogP contribution in [0.4, 0.5) is 40.8 Å². The fourth-order valence-corrected chi connectivity index (χ4v) is 6.09. The molecule has 0 radical (unpaired) electrons. The number of fused-ring (bicyclic) bond motifs is 1. The molecular formula is C33H28F8N4O4. The van der Waals surface area contributed by atoms with E-state index in [1.54, 1.807) is 0 Å². The minimum Gasteiger partial charge on any atom is -0.480 e. The van der Waals surface area contributed by atoms with Crippen molar-refractivity contribution in [3.63, 3.8) is 0 Å². The van der Waals surface area contributed by atoms with Crippen LogP contribution in [0.1, 0.15) is 46.4 Å². The summed E-state index contributed by atoms with van der Waals surface area (Å²) in [5.41, 5.74) is -4.55. The zero-order valence-electron chi connectivity index (χ0n) is 25.8. The van der Waals surface area contributed by atoms with Crippen LogP contribution in [0.3, 0.4) is 0 Å². The van der Waals surface area contributed by atoms with Crippen molar-refractivity contribution in [3.05, 3.63) is 93.0 Å². The van der Waals surface area contributed by atoms with Gasteiger partial charge in [-0.15, -0.1) is 0 Å². The van der Waals surface area contributed by atoms with Crippen LogP contribution in [0.2, 0.25) is 0 Å². The highest BCUT2D eigenvalue weighted by molar-refractivity contribution is 5.99. The van der Waals surface area contributed by atoms with E-state index in [4.69, 9.17) is 0 Å². The minimum absolute atomic E-state index is 0.0505. The molecule has 2 aromatic carbocycles. The molecular weight excluding hydrogens is 668 g/mol. The third kappa shape index (κ3) is 6.94. The summed E-state index contributed by atoms with van der Waals surface area (Å²) < 4.78 is 114. The maximum Gasteiger partial charge on any atom is 0.417 e. The Morgan fingerprint density at radius 1 is 1.04 bits per heavy atom. The van der Waals surface area contributed by atoms with Crippen molar-refractivity contribution < 1.29 is 49.8 Å². The molecule has 1 saturated heterocycles. The molecule has 2 N–H and O–H groups in total. The number of anilines is 1. The van der Waals surface area contributed by atoms with Crippen LogP contribution >= 0.6 is 0 Å². The number of piperidine rings is 1. The monoisotopic (exact) mass is 696 g/mol. The maximum atomic E-state index is 15.2. The first-order valence-electron chi connectivity index (χ1n) is 14.9. The first kappa shape index (κ1) is 35.3. The Bertz CT molecular complexity index is 1980. The topological polar surface area (TPSA) is 105 Å². The Balaban J connectivity index is 1.48. The zero-order valence-corrected chi connectivity index (χ0v) is 25.8. The lowest BCUT2D eigenvalue weighted by Gasteiger charge is -2.38. The number of pyridine rings is 2. The number of rotatable bonds is 7. The summed E-state index contributed by atoms with van der Waals surface area (Å²) in [6, 6.07) is 3.42. The van der Waals surface area contributed by atoms with Gasteiger partial charge in [0, 0.05) is 48.5 Å². The quantitative estimate of drug-likeness (QED) is 0.213. The minimum atomic E-state index is -4.91. The highest BCUT2D eigenvalue weighted by Crippen LogP contribution is 2.39. The van der Waals surface area contributed by atoms with Gasteiger partial charge < -0.3 is 19.9 Å². The number of carbonyl (C=O) groups excluding carboxylic acids is 1. The average Bonchev–Trinajstić information content (AvgIpc) is 3.02. The van der Waals surface area contributed by atoms with E-state index in [2.05, 4.69) is 4.98 Å². The fourth-order valence-electron chi connectivity index (χ4n) is 6.09. The zero-order chi connectivity index (χ0) is 36.0. The van der Waals surface area contributed by atoms with Gasteiger partial charge in [-0.25, -0.2) is 13.6 Å². The van der Waals surface area contributed by atoms with Crippen LogP contribution in [0.25, 0.3) is 22.0 Å². The van der Waals surface area contributed by atoms with Gasteiger partial charge in [-0.2, -0.15) is 26.3 Å². The lowest BCUT2D eigenvalue weighted by atomic mass is 9.93. The molecule has 8 nitrogen and oxygen atoms in total. The van der Waals surface area contributed by atoms with E-state index in [0.717, 1.165) is 15.5 Å². The molecule has 1 fully saturated rings. The fraction of sp³-hybridized carbons (Fsp3) is 0.333. The van der Waals surface area contributed by atoms with Gasteiger partial charge in [0.2, 0.25) is 0 Å². The van der Waals surface area contributed by atoms with Gasteiger partial charge in [-0.1, -0.05) is 18.2 Å². The number of nitrogens with zero attached hydrogens (tertiary/aromatic N) is 3. The molecule has 260 valence electrons. The Morgan fingerprint density at radius 2 is 1.71 bits per heavy atom. The lowest BCUT2D eigenvalue weighted by molar-refractivity contribution is -0.152. The Morgan fingerprint density at radius 3 is 2.33 bits per heavy atom. The van der Waals surface area contributed by atoms with Crippen LogP contribution in [0, 0.1) is 18.6 Å². The summed E-state index contributed by atoms with van der Waals surface area (Å²) in [5, 5.41) is 12.1. The molecule has 0 aliphatic carbocycles. The number of amides is 1. The number of benzene rings is 2. The molecule has 5 rings (SSSR count). The Hall–Kier alpha value is -5.02. The highest BCUT2D eigenvalue weighted by atomic mass is 19.4. The Kier molecular flexibility index (Phi) is 9.45. The number of carbonyl (C=O) groups is 2. The normalized spacial score (nSPS) is 16.1. The van der Waals surface area contributed by atoms with Crippen LogP contribution in [0.5, 0.6) is 0 Å². The number of aliphatic carboxylic acids is 1. The van der Waals surface area contributed by atoms with Crippen molar-refractivity contribution in [2.75, 3.05) is 11.4 Å². The van der Waals surface area contributed by atoms with Crippen molar-refractivity contribution in [2.24, 2.45) is 7.05 Å². The van der Waals surface area contributed by atoms with Gasteiger partial charge in [-0.3, -0.25) is 14.6 Å². The number of aromatic nitrogens is 2. The summed E-state index contributed by atoms with van der Waals surface area (Å²) in [6.07, 6.45) is -8.55. The number of halogens is 8. The first-order chi connectivity index (χ1) is 22.9. The van der Waals surface area contributed by atoms with E-state index >= 15 is 8.78 Å². The Labute approximate surface area is 273 Å². The van der Waals surface area contributed by atoms with Gasteiger partial charge in [0.1, 0.15) is 29.3 Å². The number of hydrogen-bond acceptors (Lipinski definition) is 5. The van der Waals surface area contributed by atoms with E-state index < -0.39 is 82.3 Å². The molecule has 0 bridgehead atoms. The number of carboxylic acid groups (broad SMARTS) is 1. The van der Waals surface area contributed by atoms with Gasteiger partial charge in [0.15, 0.2) is 0 Å². The predicted octanol–water partition coefficient (Wildman–Crippen LogP) is 6.55. The molecule has 1 aliphatic rings. The van der Waals surface area contributed by atoms with Gasteiger partial charge in [-0.05, 0) is 56.0 Å². The second-order valence-electron chi connectivity index (χ2n) is 11.7. The average molecular weight is 697 g/mol. The molecule has 3 heterocycles. The van der Waals surface area contributed by atoms with E-state index in [1.807, 2.05) is 5.32 Å². The van der Waals surface area contributed by atoms with Crippen molar-refractivity contribution in [3.8, 4) is 11.1 Å². The van der Waals surface area contributed by atoms with Gasteiger partial charge in [0.25, 0.3) is 11.5 Å². The van der Waals surface area contributed by atoms with E-state index in [0.29, 0.717) is 18.6 Å². The third-order valence-electron chi connectivity index (χ3n) is 8.60. The molecule has 1 aliphatic heterocycles. The summed E-state index contributed by atoms with van der Waals surface area (Å²) in [4.78, 5) is 43.4. The second kappa shape index (κ2) is 13.1. The van der Waals surface area contributed by atoms with Gasteiger partial charge >= 0.3 is 18.3 Å². The van der Waals surface area contributed by atoms with Crippen LogP contribution in [-0.4, -0.2) is 51.3 Å². The summed E-state index contributed by atoms with van der Waals surface area (Å²) >= 11 is 0. The summed E-state index contributed by atoms with van der Waals surface area (Å²) in [5.74, 6) is -6.17. The predicted molar refractivity (Wildman–Crippen MR) is 162 cm³/mol. The van der Waals surface area contributed by atoms with Crippen LogP contribution in [-0.2, 0) is 24.4 Å². The van der Waals surface area contributed by atoms with Crippen molar-refractivity contribution in [2.45, 2.75) is 57.0 Å². The number of alkyl halides is 6. The van der Waals surface area contributed by atoms with Crippen molar-refractivity contribution >= 4 is 28.5 Å². The maximum absolute atomic E-state index is 15.2. The number of aryl methyl sites for hydroxylation is 1. The van der Waals surface area contributed by atoms with Gasteiger partial charge in [0.05, 0.1) is 16.6 Å². The standard InChI is InChI=1S/C33H28F8N4O4/c1-16-12-21(32(36,37)38)26(30(47)44(16)2)20-9-8-17(19-6-5-10-42-28(19)20)13-24(31(48)49)43-29(46)27-22(34)14-18(15-23(27)35)45-11-4-3-7-25(45)33(39,40)41/h5-6,8-10,12,14-15,24-25H,3-4,7,11,13H2,1-2H3,(H,43,46)(H,48,49)/t24-,25-/m1/s1. The summed E-state index contributed by atoms with van der Waals surface area (Å²) in [7, 11) is 1.30. The number of nitrogens with one attached hydrogen (secondary N) is 1. The van der Waals surface area contributed by atoms with Crippen molar-refractivity contribution in [1.29, 1.82) is 0 Å². The number of carboxylic acids is 1. The van der Waals surface area contributed by atoms with E-state index in [9.17, 15) is 45.8 Å². The molecule has 2 aromatic heterocycles. The summed E-state index contributed by atoms with van der Waals surface area (Å²) in [6.45, 7) is 1.21. The molecule has 0 unspecified atom stereocenters. The third-order valence-corrected chi connectivity index (χ3v) is 8.60. The van der Waals surface area contributed by atoms with Crippen molar-refractivity contribution in [1.82, 2.24) is 14.9 Å². The SMILES string of the molecule is Cc1cc(C(F)(F)F)c(-c2ccc(C[C@@H](NC(=O)c3c(F)cc(N4CCCC[C@@H]4C(F)(F)F)cc3F)C(=O)O)c3cccnc23)c(=O)n1C. The molecule has 49 heavy (non-hydrogen) atoms. The second-order valence-corrected chi connectivity index (χ2v) is 11.7. The van der Waals surface area contributed by atoms with Crippen LogP contribution in [0.15, 0.2) is 53.5 Å². The molecule has 2 atom stereocenters. The molecule has 16 heteroatoms. The lowest BCUT2D eigenvalue weighted by Crippen LogP contribution is -2.49. The number of hydrogen-bond donors (Lipinski definition) is 2. The van der Waals surface area contributed by atoms with Crippen LogP contribution < -0.4 is 15.8 Å². The van der Waals surface area contributed by atoms with E-state index in [-0.39, 0.29) is 47.1 Å². The highest BCUT2D eigenvalue weighted by Gasteiger charge is 2.45. The molecule has 0 spiro atoms. The smallest absolute Gasteiger partial charge is 0.417 e. The molecule has 4 aromatic rings. The first-order valence-corrected chi connectivity index (χ1v) is 14.9. The van der Waals surface area contributed by atoms with E-state index in [1.165, 1.54) is 44.4 Å². The molecule has 0 saturated carbocycles.